The molecule has 8 heteroatoms. The van der Waals surface area contributed by atoms with Gasteiger partial charge in [0.1, 0.15) is 17.4 Å². The molecule has 0 spiro atoms. The van der Waals surface area contributed by atoms with Gasteiger partial charge in [-0.1, -0.05) is 35.9 Å². The van der Waals surface area contributed by atoms with Crippen molar-refractivity contribution in [2.45, 2.75) is 12.7 Å². The molecule has 3 aromatic rings. The number of carbonyl (C=O) groups is 1. The Balaban J connectivity index is 1.40. The van der Waals surface area contributed by atoms with Crippen molar-refractivity contribution in [1.29, 1.82) is 0 Å². The molecule has 0 radical (unpaired) electrons. The summed E-state index contributed by atoms with van der Waals surface area (Å²) in [6, 6.07) is 18.4. The number of benzene rings is 3. The van der Waals surface area contributed by atoms with Crippen LogP contribution in [0.15, 0.2) is 66.7 Å². The third kappa shape index (κ3) is 6.57. The SMILES string of the molecule is COc1cccc(CO[C@H](CN2CCN(C(=O)c3ccc(F)cc3F)CC2)c2ccc(Cl)cc2)c1. The molecule has 5 nitrogen and oxygen atoms in total. The fourth-order valence-electron chi connectivity index (χ4n) is 4.09. The number of hydrogen-bond acceptors (Lipinski definition) is 4. The highest BCUT2D eigenvalue weighted by Gasteiger charge is 2.26. The van der Waals surface area contributed by atoms with Crippen molar-refractivity contribution < 1.29 is 23.0 Å². The molecule has 0 aromatic heterocycles. The second-order valence-electron chi connectivity index (χ2n) is 8.42. The minimum Gasteiger partial charge on any atom is -0.497 e. The van der Waals surface area contributed by atoms with Crippen LogP contribution in [0.25, 0.3) is 0 Å². The molecule has 0 bridgehead atoms. The van der Waals surface area contributed by atoms with Gasteiger partial charge in [-0.2, -0.15) is 0 Å². The highest BCUT2D eigenvalue weighted by molar-refractivity contribution is 6.30. The average Bonchev–Trinajstić information content (AvgIpc) is 2.87. The molecule has 1 aliphatic heterocycles. The summed E-state index contributed by atoms with van der Waals surface area (Å²) in [5.74, 6) is -1.20. The van der Waals surface area contributed by atoms with Crippen LogP contribution in [0.4, 0.5) is 8.78 Å². The van der Waals surface area contributed by atoms with Crippen LogP contribution in [-0.4, -0.2) is 55.5 Å². The summed E-state index contributed by atoms with van der Waals surface area (Å²) in [7, 11) is 1.63. The molecule has 0 N–H and O–H groups in total. The lowest BCUT2D eigenvalue weighted by molar-refractivity contribution is 0.00333. The maximum atomic E-state index is 14.1. The van der Waals surface area contributed by atoms with E-state index in [1.165, 1.54) is 6.07 Å². The maximum absolute atomic E-state index is 14.1. The lowest BCUT2D eigenvalue weighted by Gasteiger charge is -2.36. The van der Waals surface area contributed by atoms with E-state index in [0.717, 1.165) is 29.0 Å². The third-order valence-electron chi connectivity index (χ3n) is 6.07. The predicted molar refractivity (Wildman–Crippen MR) is 131 cm³/mol. The number of rotatable bonds is 8. The van der Waals surface area contributed by atoms with Gasteiger partial charge < -0.3 is 14.4 Å². The third-order valence-corrected chi connectivity index (χ3v) is 6.32. The number of hydrogen-bond donors (Lipinski definition) is 0. The highest BCUT2D eigenvalue weighted by atomic mass is 35.5. The first-order chi connectivity index (χ1) is 16.9. The second-order valence-corrected chi connectivity index (χ2v) is 8.86. The Morgan fingerprint density at radius 1 is 1.00 bits per heavy atom. The molecule has 1 heterocycles. The number of halogens is 3. The Bertz CT molecular complexity index is 1150. The van der Waals surface area contributed by atoms with Gasteiger partial charge in [-0.25, -0.2) is 8.78 Å². The van der Waals surface area contributed by atoms with Gasteiger partial charge in [-0.15, -0.1) is 0 Å². The molecule has 0 saturated carbocycles. The molecule has 184 valence electrons. The Labute approximate surface area is 208 Å². The van der Waals surface area contributed by atoms with Gasteiger partial charge in [0.25, 0.3) is 5.91 Å². The molecule has 1 atom stereocenters. The van der Waals surface area contributed by atoms with Gasteiger partial charge in [-0.05, 0) is 47.5 Å². The van der Waals surface area contributed by atoms with Crippen molar-refractivity contribution in [2.75, 3.05) is 39.8 Å². The summed E-state index contributed by atoms with van der Waals surface area (Å²) >= 11 is 6.08. The summed E-state index contributed by atoms with van der Waals surface area (Å²) in [5.41, 5.74) is 1.89. The van der Waals surface area contributed by atoms with Crippen molar-refractivity contribution in [3.8, 4) is 5.75 Å². The van der Waals surface area contributed by atoms with Gasteiger partial charge in [0.05, 0.1) is 25.4 Å². The monoisotopic (exact) mass is 500 g/mol. The lowest BCUT2D eigenvalue weighted by atomic mass is 10.1. The fourth-order valence-corrected chi connectivity index (χ4v) is 4.22. The maximum Gasteiger partial charge on any atom is 0.256 e. The van der Waals surface area contributed by atoms with Crippen LogP contribution in [0.5, 0.6) is 5.75 Å². The predicted octanol–water partition coefficient (Wildman–Crippen LogP) is 5.34. The van der Waals surface area contributed by atoms with E-state index in [2.05, 4.69) is 4.90 Å². The minimum absolute atomic E-state index is 0.111. The van der Waals surface area contributed by atoms with E-state index >= 15 is 0 Å². The molecule has 1 aliphatic rings. The van der Waals surface area contributed by atoms with Crippen molar-refractivity contribution >= 4 is 17.5 Å². The van der Waals surface area contributed by atoms with Crippen LogP contribution in [-0.2, 0) is 11.3 Å². The van der Waals surface area contributed by atoms with E-state index in [1.54, 1.807) is 12.0 Å². The number of amides is 1. The number of ether oxygens (including phenoxy) is 2. The molecular weight excluding hydrogens is 474 g/mol. The van der Waals surface area contributed by atoms with Gasteiger partial charge in [0.2, 0.25) is 0 Å². The number of nitrogens with zero attached hydrogens (tertiary/aromatic N) is 2. The van der Waals surface area contributed by atoms with Crippen LogP contribution in [0.1, 0.15) is 27.6 Å². The molecule has 1 fully saturated rings. The standard InChI is InChI=1S/C27H27ClF2N2O3/c1-34-23-4-2-3-19(15-23)18-35-26(20-5-7-21(28)8-6-20)17-31-11-13-32(14-12-31)27(33)24-10-9-22(29)16-25(24)30/h2-10,15-16,26H,11-14,17-18H2,1H3/t26-/m1/s1. The second kappa shape index (κ2) is 11.6. The molecule has 0 aliphatic carbocycles. The first-order valence-corrected chi connectivity index (χ1v) is 11.8. The summed E-state index contributed by atoms with van der Waals surface area (Å²) in [5, 5.41) is 0.653. The van der Waals surface area contributed by atoms with E-state index in [4.69, 9.17) is 21.1 Å². The Hall–Kier alpha value is -3.00. The fraction of sp³-hybridized carbons (Fsp3) is 0.296. The molecular formula is C27H27ClF2N2O3. The number of piperazine rings is 1. The Morgan fingerprint density at radius 3 is 2.43 bits per heavy atom. The van der Waals surface area contributed by atoms with Crippen LogP contribution in [0, 0.1) is 11.6 Å². The zero-order chi connectivity index (χ0) is 24.8. The molecule has 1 saturated heterocycles. The number of carbonyl (C=O) groups excluding carboxylic acids is 1. The quantitative estimate of drug-likeness (QED) is 0.418. The normalized spacial score (nSPS) is 15.1. The molecule has 4 rings (SSSR count). The van der Waals surface area contributed by atoms with E-state index < -0.39 is 17.5 Å². The van der Waals surface area contributed by atoms with E-state index in [-0.39, 0.29) is 11.7 Å². The zero-order valence-corrected chi connectivity index (χ0v) is 20.2. The van der Waals surface area contributed by atoms with Crippen molar-refractivity contribution in [3.05, 3.63) is 100 Å². The molecule has 3 aromatic carbocycles. The van der Waals surface area contributed by atoms with Crippen LogP contribution >= 0.6 is 11.6 Å². The molecule has 35 heavy (non-hydrogen) atoms. The van der Waals surface area contributed by atoms with E-state index in [9.17, 15) is 13.6 Å². The van der Waals surface area contributed by atoms with Crippen LogP contribution in [0.2, 0.25) is 5.02 Å². The number of methoxy groups -OCH3 is 1. The zero-order valence-electron chi connectivity index (χ0n) is 19.4. The van der Waals surface area contributed by atoms with Gasteiger partial charge in [-0.3, -0.25) is 9.69 Å². The summed E-state index contributed by atoms with van der Waals surface area (Å²) in [6.45, 7) is 3.14. The van der Waals surface area contributed by atoms with Crippen molar-refractivity contribution in [2.24, 2.45) is 0 Å². The highest BCUT2D eigenvalue weighted by Crippen LogP contribution is 2.24. The van der Waals surface area contributed by atoms with E-state index in [1.807, 2.05) is 48.5 Å². The largest absolute Gasteiger partial charge is 0.497 e. The van der Waals surface area contributed by atoms with Gasteiger partial charge in [0.15, 0.2) is 0 Å². The Morgan fingerprint density at radius 2 is 1.74 bits per heavy atom. The summed E-state index contributed by atoms with van der Waals surface area (Å²) in [4.78, 5) is 16.5. The van der Waals surface area contributed by atoms with Crippen molar-refractivity contribution in [3.63, 3.8) is 0 Å². The van der Waals surface area contributed by atoms with E-state index in [0.29, 0.717) is 44.4 Å². The first kappa shape index (κ1) is 25.1. The summed E-state index contributed by atoms with van der Waals surface area (Å²) in [6.07, 6.45) is -0.213. The van der Waals surface area contributed by atoms with Crippen molar-refractivity contribution in [1.82, 2.24) is 9.80 Å². The van der Waals surface area contributed by atoms with Gasteiger partial charge >= 0.3 is 0 Å². The average molecular weight is 501 g/mol. The summed E-state index contributed by atoms with van der Waals surface area (Å²) < 4.78 is 38.9. The first-order valence-electron chi connectivity index (χ1n) is 11.4. The minimum atomic E-state index is -0.842. The topological polar surface area (TPSA) is 42.0 Å². The molecule has 0 unspecified atom stereocenters. The Kier molecular flexibility index (Phi) is 8.33. The molecule has 1 amide bonds. The van der Waals surface area contributed by atoms with Crippen LogP contribution < -0.4 is 4.74 Å². The van der Waals surface area contributed by atoms with Crippen LogP contribution in [0.3, 0.4) is 0 Å². The lowest BCUT2D eigenvalue weighted by Crippen LogP contribution is -2.49. The van der Waals surface area contributed by atoms with Gasteiger partial charge in [0, 0.05) is 43.8 Å². The smallest absolute Gasteiger partial charge is 0.256 e.